The molecule has 20 heavy (non-hydrogen) atoms. The molecule has 3 aliphatic rings. The molecule has 0 unspecified atom stereocenters. The second-order valence-corrected chi connectivity index (χ2v) is 7.51. The van der Waals surface area contributed by atoms with E-state index in [0.29, 0.717) is 17.8 Å². The molecule has 0 aromatic carbocycles. The van der Waals surface area contributed by atoms with E-state index in [-0.39, 0.29) is 6.03 Å². The van der Waals surface area contributed by atoms with E-state index >= 15 is 0 Å². The zero-order valence-electron chi connectivity index (χ0n) is 12.3. The summed E-state index contributed by atoms with van der Waals surface area (Å²) >= 11 is 1.59. The minimum absolute atomic E-state index is 0.0356. The number of carbonyl (C=O) groups excluding carboxylic acids is 1. The first-order chi connectivity index (χ1) is 9.61. The van der Waals surface area contributed by atoms with E-state index in [9.17, 15) is 4.79 Å². The van der Waals surface area contributed by atoms with Crippen LogP contribution in [0.3, 0.4) is 0 Å². The van der Waals surface area contributed by atoms with Crippen molar-refractivity contribution in [2.24, 2.45) is 11.8 Å². The van der Waals surface area contributed by atoms with E-state index in [4.69, 9.17) is 0 Å². The van der Waals surface area contributed by atoms with Crippen molar-refractivity contribution in [1.82, 2.24) is 9.88 Å². The number of amides is 2. The van der Waals surface area contributed by atoms with Crippen LogP contribution in [0.1, 0.15) is 50.3 Å². The summed E-state index contributed by atoms with van der Waals surface area (Å²) in [5, 5.41) is 3.71. The van der Waals surface area contributed by atoms with Crippen LogP contribution in [0, 0.1) is 11.8 Å². The maximum atomic E-state index is 12.4. The van der Waals surface area contributed by atoms with Crippen molar-refractivity contribution < 1.29 is 4.79 Å². The Morgan fingerprint density at radius 3 is 2.40 bits per heavy atom. The highest BCUT2D eigenvalue weighted by Gasteiger charge is 2.31. The minimum atomic E-state index is 0.0356. The Hall–Kier alpha value is -1.10. The van der Waals surface area contributed by atoms with Crippen LogP contribution < -0.4 is 5.32 Å². The SMILES string of the molecule is CC(C)c1cnc(NC(=O)N2CC3CCC(CC3)C2)s1. The van der Waals surface area contributed by atoms with Gasteiger partial charge in [-0.25, -0.2) is 9.78 Å². The van der Waals surface area contributed by atoms with Gasteiger partial charge in [-0.15, -0.1) is 11.3 Å². The molecule has 1 N–H and O–H groups in total. The molecule has 2 aliphatic heterocycles. The highest BCUT2D eigenvalue weighted by molar-refractivity contribution is 7.15. The van der Waals surface area contributed by atoms with Crippen molar-refractivity contribution in [3.63, 3.8) is 0 Å². The summed E-state index contributed by atoms with van der Waals surface area (Å²) in [5.41, 5.74) is 0. The number of hydrogen-bond donors (Lipinski definition) is 1. The molecular formula is C15H23N3OS. The molecule has 3 heterocycles. The lowest BCUT2D eigenvalue weighted by Crippen LogP contribution is -2.38. The summed E-state index contributed by atoms with van der Waals surface area (Å²) in [6.07, 6.45) is 7.05. The minimum Gasteiger partial charge on any atom is -0.324 e. The number of carbonyl (C=O) groups is 1. The molecule has 1 aliphatic carbocycles. The molecule has 110 valence electrons. The first kappa shape index (κ1) is 13.9. The second kappa shape index (κ2) is 5.72. The van der Waals surface area contributed by atoms with Gasteiger partial charge in [0.05, 0.1) is 0 Å². The van der Waals surface area contributed by atoms with Gasteiger partial charge in [-0.3, -0.25) is 5.32 Å². The Bertz CT molecular complexity index is 463. The fraction of sp³-hybridized carbons (Fsp3) is 0.733. The average Bonchev–Trinajstić information content (AvgIpc) is 2.69. The van der Waals surface area contributed by atoms with Gasteiger partial charge in [0.1, 0.15) is 0 Å². The Kier molecular flexibility index (Phi) is 3.96. The summed E-state index contributed by atoms with van der Waals surface area (Å²) in [6.45, 7) is 6.13. The number of urea groups is 1. The Labute approximate surface area is 124 Å². The molecule has 0 atom stereocenters. The topological polar surface area (TPSA) is 45.2 Å². The van der Waals surface area contributed by atoms with Crippen molar-refractivity contribution in [3.05, 3.63) is 11.1 Å². The van der Waals surface area contributed by atoms with Crippen molar-refractivity contribution >= 4 is 22.5 Å². The van der Waals surface area contributed by atoms with Crippen LogP contribution in [-0.2, 0) is 0 Å². The predicted octanol–water partition coefficient (Wildman–Crippen LogP) is 3.92. The van der Waals surface area contributed by atoms with E-state index < -0.39 is 0 Å². The number of rotatable bonds is 2. The summed E-state index contributed by atoms with van der Waals surface area (Å²) in [5.74, 6) is 1.89. The third-order valence-electron chi connectivity index (χ3n) is 4.52. The van der Waals surface area contributed by atoms with Gasteiger partial charge in [0.15, 0.2) is 5.13 Å². The lowest BCUT2D eigenvalue weighted by molar-refractivity contribution is 0.206. The largest absolute Gasteiger partial charge is 0.324 e. The molecule has 0 spiro atoms. The quantitative estimate of drug-likeness (QED) is 0.898. The number of hydrogen-bond acceptors (Lipinski definition) is 3. The highest BCUT2D eigenvalue weighted by Crippen LogP contribution is 2.34. The lowest BCUT2D eigenvalue weighted by Gasteiger charge is -2.22. The highest BCUT2D eigenvalue weighted by atomic mass is 32.1. The normalized spacial score (nSPS) is 25.9. The van der Waals surface area contributed by atoms with Gasteiger partial charge in [-0.2, -0.15) is 0 Å². The fourth-order valence-corrected chi connectivity index (χ4v) is 4.05. The van der Waals surface area contributed by atoms with Crippen LogP contribution in [0.5, 0.6) is 0 Å². The van der Waals surface area contributed by atoms with E-state index in [1.165, 1.54) is 30.6 Å². The zero-order valence-corrected chi connectivity index (χ0v) is 13.1. The number of nitrogens with zero attached hydrogens (tertiary/aromatic N) is 2. The smallest absolute Gasteiger partial charge is 0.323 e. The second-order valence-electron chi connectivity index (χ2n) is 6.44. The summed E-state index contributed by atoms with van der Waals surface area (Å²) in [7, 11) is 0. The van der Waals surface area contributed by atoms with E-state index in [1.807, 2.05) is 11.1 Å². The molecule has 3 fully saturated rings. The fourth-order valence-electron chi connectivity index (χ4n) is 3.24. The Morgan fingerprint density at radius 2 is 1.90 bits per heavy atom. The number of anilines is 1. The van der Waals surface area contributed by atoms with Crippen LogP contribution in [0.25, 0.3) is 0 Å². The number of thiazole rings is 1. The van der Waals surface area contributed by atoms with Gasteiger partial charge in [-0.05, 0) is 43.4 Å². The van der Waals surface area contributed by atoms with Crippen LogP contribution in [0.2, 0.25) is 0 Å². The van der Waals surface area contributed by atoms with Crippen LogP contribution in [-0.4, -0.2) is 29.0 Å². The molecule has 2 bridgehead atoms. The number of fused-ring (bicyclic) bond motifs is 4. The maximum Gasteiger partial charge on any atom is 0.323 e. The van der Waals surface area contributed by atoms with Gasteiger partial charge in [0.2, 0.25) is 0 Å². The number of nitrogens with one attached hydrogen (secondary N) is 1. The zero-order chi connectivity index (χ0) is 14.1. The molecule has 2 amide bonds. The molecule has 4 nitrogen and oxygen atoms in total. The third kappa shape index (κ3) is 2.97. The molecule has 4 rings (SSSR count). The van der Waals surface area contributed by atoms with Gasteiger partial charge < -0.3 is 4.90 Å². The predicted molar refractivity (Wildman–Crippen MR) is 82.2 cm³/mol. The summed E-state index contributed by atoms with van der Waals surface area (Å²) in [4.78, 5) is 19.9. The molecule has 5 heteroatoms. The van der Waals surface area contributed by atoms with Crippen molar-refractivity contribution in [2.75, 3.05) is 18.4 Å². The molecule has 0 radical (unpaired) electrons. The van der Waals surface area contributed by atoms with Gasteiger partial charge in [0, 0.05) is 24.2 Å². The molecule has 2 saturated heterocycles. The Balaban J connectivity index is 1.63. The summed E-state index contributed by atoms with van der Waals surface area (Å²) in [6, 6.07) is 0.0356. The molecule has 1 saturated carbocycles. The van der Waals surface area contributed by atoms with Gasteiger partial charge in [0.25, 0.3) is 0 Å². The van der Waals surface area contributed by atoms with Crippen LogP contribution in [0.15, 0.2) is 6.20 Å². The summed E-state index contributed by atoms with van der Waals surface area (Å²) < 4.78 is 0. The first-order valence-corrected chi connectivity index (χ1v) is 8.45. The van der Waals surface area contributed by atoms with Crippen LogP contribution >= 0.6 is 11.3 Å². The Morgan fingerprint density at radius 1 is 1.30 bits per heavy atom. The van der Waals surface area contributed by atoms with Crippen LogP contribution in [0.4, 0.5) is 9.93 Å². The van der Waals surface area contributed by atoms with Gasteiger partial charge in [-0.1, -0.05) is 13.8 Å². The van der Waals surface area contributed by atoms with Crippen molar-refractivity contribution in [3.8, 4) is 0 Å². The monoisotopic (exact) mass is 293 g/mol. The average molecular weight is 293 g/mol. The van der Waals surface area contributed by atoms with E-state index in [0.717, 1.165) is 18.2 Å². The van der Waals surface area contributed by atoms with E-state index in [2.05, 4.69) is 24.1 Å². The molecule has 1 aromatic rings. The van der Waals surface area contributed by atoms with Crippen molar-refractivity contribution in [2.45, 2.75) is 45.4 Å². The van der Waals surface area contributed by atoms with Gasteiger partial charge >= 0.3 is 6.03 Å². The third-order valence-corrected chi connectivity index (χ3v) is 5.73. The van der Waals surface area contributed by atoms with E-state index in [1.54, 1.807) is 11.3 Å². The molecular weight excluding hydrogens is 270 g/mol. The van der Waals surface area contributed by atoms with Crippen molar-refractivity contribution in [1.29, 1.82) is 0 Å². The standard InChI is InChI=1S/C15H23N3OS/c1-10(2)13-7-16-14(20-13)17-15(19)18-8-11-3-4-12(9-18)6-5-11/h7,10-12H,3-6,8-9H2,1-2H3,(H,16,17,19). The lowest BCUT2D eigenvalue weighted by atomic mass is 9.84. The maximum absolute atomic E-state index is 12.4. The first-order valence-electron chi connectivity index (χ1n) is 7.63. The molecule has 1 aromatic heterocycles. The number of aromatic nitrogens is 1.